The van der Waals surface area contributed by atoms with Crippen molar-refractivity contribution < 1.29 is 13.9 Å². The van der Waals surface area contributed by atoms with Crippen molar-refractivity contribution in [3.8, 4) is 0 Å². The Kier molecular flexibility index (Phi) is 7.41. The minimum Gasteiger partial charge on any atom is -0.376 e. The average molecular weight is 516 g/mol. The second-order valence-electron chi connectivity index (χ2n) is 9.12. The second-order valence-corrected chi connectivity index (χ2v) is 10.5. The predicted octanol–water partition coefficient (Wildman–Crippen LogP) is 5.33. The van der Waals surface area contributed by atoms with Crippen molar-refractivity contribution >= 4 is 40.2 Å². The van der Waals surface area contributed by atoms with E-state index < -0.39 is 5.82 Å². The Hall–Kier alpha value is -2.42. The van der Waals surface area contributed by atoms with E-state index in [2.05, 4.69) is 5.32 Å². The van der Waals surface area contributed by atoms with Gasteiger partial charge in [0.25, 0.3) is 11.5 Å². The lowest BCUT2D eigenvalue weighted by Gasteiger charge is -2.17. The maximum atomic E-state index is 14.4. The average Bonchev–Trinajstić information content (AvgIpc) is 3.55. The highest BCUT2D eigenvalue weighted by Gasteiger charge is 2.22. The lowest BCUT2D eigenvalue weighted by atomic mass is 10.1. The summed E-state index contributed by atoms with van der Waals surface area (Å²) in [6.07, 6.45) is 5.99. The van der Waals surface area contributed by atoms with Gasteiger partial charge in [-0.15, -0.1) is 0 Å². The smallest absolute Gasteiger partial charge is 0.262 e. The van der Waals surface area contributed by atoms with Crippen LogP contribution in [0.3, 0.4) is 0 Å². The van der Waals surface area contributed by atoms with Crippen LogP contribution in [0, 0.1) is 5.82 Å². The molecule has 2 aromatic carbocycles. The number of hydrogen-bond acceptors (Lipinski definition) is 5. The van der Waals surface area contributed by atoms with Crippen LogP contribution in [0.5, 0.6) is 0 Å². The van der Waals surface area contributed by atoms with E-state index in [1.165, 1.54) is 17.8 Å². The van der Waals surface area contributed by atoms with E-state index in [9.17, 15) is 14.0 Å². The van der Waals surface area contributed by atoms with Gasteiger partial charge in [-0.25, -0.2) is 9.37 Å². The summed E-state index contributed by atoms with van der Waals surface area (Å²) in [5, 5.41) is 4.30. The van der Waals surface area contributed by atoms with Gasteiger partial charge in [0, 0.05) is 34.6 Å². The van der Waals surface area contributed by atoms with Gasteiger partial charge in [-0.05, 0) is 56.0 Å². The van der Waals surface area contributed by atoms with Crippen molar-refractivity contribution in [1.82, 2.24) is 14.9 Å². The molecular weight excluding hydrogens is 489 g/mol. The number of aromatic nitrogens is 2. The van der Waals surface area contributed by atoms with Crippen LogP contribution in [0.1, 0.15) is 54.4 Å². The second kappa shape index (κ2) is 10.7. The zero-order chi connectivity index (χ0) is 24.4. The minimum atomic E-state index is -0.398. The van der Waals surface area contributed by atoms with Gasteiger partial charge in [-0.1, -0.05) is 42.3 Å². The molecule has 0 unspecified atom stereocenters. The molecule has 1 aliphatic carbocycles. The first-order valence-corrected chi connectivity index (χ1v) is 13.4. The highest BCUT2D eigenvalue weighted by molar-refractivity contribution is 7.98. The third kappa shape index (κ3) is 5.39. The molecule has 0 spiro atoms. The van der Waals surface area contributed by atoms with Gasteiger partial charge >= 0.3 is 0 Å². The Morgan fingerprint density at radius 1 is 1.20 bits per heavy atom. The summed E-state index contributed by atoms with van der Waals surface area (Å²) in [5.74, 6) is -0.335. The number of thioether (sulfide) groups is 1. The fourth-order valence-corrected chi connectivity index (χ4v) is 6.10. The fraction of sp³-hybridized carbons (Fsp3) is 0.423. The first kappa shape index (κ1) is 24.3. The summed E-state index contributed by atoms with van der Waals surface area (Å²) in [7, 11) is 0. The standard InChI is InChI=1S/C26H27ClFN3O3S/c27-21-8-3-9-22(28)20(21)15-35-26-30-23-13-16(24(32)29-17-5-1-2-6-17)10-11-19(23)25(33)31(26)14-18-7-4-12-34-18/h3,8-11,13,17-18H,1-2,4-7,12,14-15H2,(H,29,32)/t18-/m0/s1. The first-order valence-electron chi connectivity index (χ1n) is 12.0. The van der Waals surface area contributed by atoms with Gasteiger partial charge in [-0.2, -0.15) is 0 Å². The zero-order valence-electron chi connectivity index (χ0n) is 19.3. The molecule has 1 atom stereocenters. The molecule has 5 rings (SSSR count). The number of benzene rings is 2. The molecule has 0 radical (unpaired) electrons. The Balaban J connectivity index is 1.49. The highest BCUT2D eigenvalue weighted by atomic mass is 35.5. The molecule has 0 bridgehead atoms. The van der Waals surface area contributed by atoms with E-state index in [0.717, 1.165) is 38.5 Å². The number of hydrogen-bond donors (Lipinski definition) is 1. The number of nitrogens with zero attached hydrogens (tertiary/aromatic N) is 2. The Labute approximate surface area is 212 Å². The maximum absolute atomic E-state index is 14.4. The third-order valence-electron chi connectivity index (χ3n) is 6.69. The number of halogens is 2. The van der Waals surface area contributed by atoms with Gasteiger partial charge in [0.15, 0.2) is 5.16 Å². The molecule has 1 aliphatic heterocycles. The van der Waals surface area contributed by atoms with Crippen LogP contribution >= 0.6 is 23.4 Å². The molecule has 9 heteroatoms. The van der Waals surface area contributed by atoms with Crippen LogP contribution in [-0.2, 0) is 17.0 Å². The van der Waals surface area contributed by atoms with Crippen molar-refractivity contribution in [3.63, 3.8) is 0 Å². The molecule has 2 heterocycles. The van der Waals surface area contributed by atoms with Crippen molar-refractivity contribution in [3.05, 3.63) is 68.7 Å². The van der Waals surface area contributed by atoms with E-state index in [1.54, 1.807) is 34.9 Å². The van der Waals surface area contributed by atoms with E-state index in [4.69, 9.17) is 21.3 Å². The van der Waals surface area contributed by atoms with Crippen LogP contribution < -0.4 is 10.9 Å². The van der Waals surface area contributed by atoms with Gasteiger partial charge in [0.2, 0.25) is 0 Å². The highest BCUT2D eigenvalue weighted by Crippen LogP contribution is 2.29. The molecular formula is C26H27ClFN3O3S. The molecule has 3 aromatic rings. The lowest BCUT2D eigenvalue weighted by molar-refractivity contribution is 0.0935. The summed E-state index contributed by atoms with van der Waals surface area (Å²) in [4.78, 5) is 31.0. The van der Waals surface area contributed by atoms with Gasteiger partial charge in [-0.3, -0.25) is 14.2 Å². The summed E-state index contributed by atoms with van der Waals surface area (Å²) in [6.45, 7) is 1.05. The Morgan fingerprint density at radius 3 is 2.77 bits per heavy atom. The molecule has 35 heavy (non-hydrogen) atoms. The number of amides is 1. The largest absolute Gasteiger partial charge is 0.376 e. The molecule has 1 N–H and O–H groups in total. The number of ether oxygens (including phenoxy) is 1. The lowest BCUT2D eigenvalue weighted by Crippen LogP contribution is -2.32. The number of carbonyl (C=O) groups excluding carboxylic acids is 1. The molecule has 1 saturated heterocycles. The molecule has 1 amide bonds. The first-order chi connectivity index (χ1) is 17.0. The molecule has 6 nitrogen and oxygen atoms in total. The normalized spacial score (nSPS) is 18.4. The molecule has 2 aliphatic rings. The third-order valence-corrected chi connectivity index (χ3v) is 8.05. The summed E-state index contributed by atoms with van der Waals surface area (Å²) < 4.78 is 21.7. The quantitative estimate of drug-likeness (QED) is 0.340. The summed E-state index contributed by atoms with van der Waals surface area (Å²) >= 11 is 7.47. The van der Waals surface area contributed by atoms with Crippen molar-refractivity contribution in [2.75, 3.05) is 6.61 Å². The maximum Gasteiger partial charge on any atom is 0.262 e. The van der Waals surface area contributed by atoms with Gasteiger partial charge < -0.3 is 10.1 Å². The van der Waals surface area contributed by atoms with Crippen LogP contribution in [-0.4, -0.2) is 34.2 Å². The topological polar surface area (TPSA) is 73.2 Å². The SMILES string of the molecule is O=C(NC1CCCC1)c1ccc2c(=O)n(C[C@@H]3CCCO3)c(SCc3c(F)cccc3Cl)nc2c1. The fourth-order valence-electron chi connectivity index (χ4n) is 4.75. The number of carbonyl (C=O) groups is 1. The van der Waals surface area contributed by atoms with Crippen LogP contribution in [0.2, 0.25) is 5.02 Å². The molecule has 2 fully saturated rings. The van der Waals surface area contributed by atoms with Crippen LogP contribution in [0.4, 0.5) is 4.39 Å². The predicted molar refractivity (Wildman–Crippen MR) is 136 cm³/mol. The minimum absolute atomic E-state index is 0.0696. The van der Waals surface area contributed by atoms with E-state index in [0.29, 0.717) is 45.4 Å². The van der Waals surface area contributed by atoms with Crippen LogP contribution in [0.25, 0.3) is 10.9 Å². The Bertz CT molecular complexity index is 1280. The van der Waals surface area contributed by atoms with E-state index >= 15 is 0 Å². The van der Waals surface area contributed by atoms with Crippen molar-refractivity contribution in [1.29, 1.82) is 0 Å². The van der Waals surface area contributed by atoms with E-state index in [1.807, 2.05) is 0 Å². The zero-order valence-corrected chi connectivity index (χ0v) is 20.8. The monoisotopic (exact) mass is 515 g/mol. The van der Waals surface area contributed by atoms with Crippen molar-refractivity contribution in [2.24, 2.45) is 0 Å². The number of nitrogens with one attached hydrogen (secondary N) is 1. The Morgan fingerprint density at radius 2 is 2.03 bits per heavy atom. The summed E-state index contributed by atoms with van der Waals surface area (Å²) in [6, 6.07) is 9.78. The van der Waals surface area contributed by atoms with Crippen molar-refractivity contribution in [2.45, 2.75) is 68.1 Å². The van der Waals surface area contributed by atoms with E-state index in [-0.39, 0.29) is 29.4 Å². The molecule has 184 valence electrons. The molecule has 1 aromatic heterocycles. The number of fused-ring (bicyclic) bond motifs is 1. The summed E-state index contributed by atoms with van der Waals surface area (Å²) in [5.41, 5.74) is 1.08. The molecule has 1 saturated carbocycles. The number of rotatable bonds is 7. The van der Waals surface area contributed by atoms with Gasteiger partial charge in [0.05, 0.1) is 23.6 Å². The van der Waals surface area contributed by atoms with Crippen LogP contribution in [0.15, 0.2) is 46.3 Å². The van der Waals surface area contributed by atoms with Gasteiger partial charge in [0.1, 0.15) is 5.82 Å².